The maximum Gasteiger partial charge on any atom is 0.337 e. The zero-order chi connectivity index (χ0) is 26.2. The van der Waals surface area contributed by atoms with E-state index in [1.807, 2.05) is 25.2 Å². The van der Waals surface area contributed by atoms with Gasteiger partial charge in [0, 0.05) is 49.6 Å². The van der Waals surface area contributed by atoms with E-state index in [0.717, 1.165) is 67.8 Å². The molecule has 1 saturated carbocycles. The Kier molecular flexibility index (Phi) is 5.36. The third-order valence-electron chi connectivity index (χ3n) is 8.19. The molecule has 0 atom stereocenters. The van der Waals surface area contributed by atoms with Crippen molar-refractivity contribution in [2.75, 3.05) is 18.0 Å². The quantitative estimate of drug-likeness (QED) is 0.300. The van der Waals surface area contributed by atoms with Gasteiger partial charge in [-0.05, 0) is 55.2 Å². The fourth-order valence-corrected chi connectivity index (χ4v) is 6.53. The Labute approximate surface area is 228 Å². The van der Waals surface area contributed by atoms with E-state index in [0.29, 0.717) is 32.9 Å². The van der Waals surface area contributed by atoms with Gasteiger partial charge in [-0.2, -0.15) is 4.98 Å². The van der Waals surface area contributed by atoms with E-state index in [-0.39, 0.29) is 11.0 Å². The molecule has 0 bridgehead atoms. The average molecular weight is 550 g/mol. The van der Waals surface area contributed by atoms with E-state index in [1.54, 1.807) is 17.0 Å². The molecule has 3 aliphatic rings. The molecule has 4 aromatic rings. The zero-order valence-electron chi connectivity index (χ0n) is 20.7. The first-order chi connectivity index (χ1) is 18.3. The summed E-state index contributed by atoms with van der Waals surface area (Å²) >= 11 is 13.1. The Hall–Kier alpha value is -3.36. The van der Waals surface area contributed by atoms with Gasteiger partial charge >= 0.3 is 5.97 Å². The summed E-state index contributed by atoms with van der Waals surface area (Å²) in [7, 11) is 1.81. The molecule has 2 aliphatic carbocycles. The van der Waals surface area contributed by atoms with Crippen molar-refractivity contribution in [1.29, 1.82) is 0 Å². The van der Waals surface area contributed by atoms with Crippen LogP contribution in [-0.4, -0.2) is 43.9 Å². The van der Waals surface area contributed by atoms with Gasteiger partial charge in [0.15, 0.2) is 0 Å². The number of aromatic nitrogens is 4. The van der Waals surface area contributed by atoms with Crippen molar-refractivity contribution in [3.8, 4) is 11.3 Å². The van der Waals surface area contributed by atoms with Gasteiger partial charge in [-0.15, -0.1) is 0 Å². The van der Waals surface area contributed by atoms with E-state index >= 15 is 0 Å². The van der Waals surface area contributed by atoms with Crippen LogP contribution in [0.25, 0.3) is 27.9 Å². The third kappa shape index (κ3) is 3.73. The largest absolute Gasteiger partial charge is 0.478 e. The number of benzene rings is 1. The lowest BCUT2D eigenvalue weighted by Crippen LogP contribution is -2.43. The van der Waals surface area contributed by atoms with Crippen LogP contribution < -0.4 is 4.90 Å². The fourth-order valence-electron chi connectivity index (χ4n) is 5.96. The monoisotopic (exact) mass is 549 g/mol. The molecule has 7 rings (SSSR count). The number of carboxylic acids is 1. The standard InChI is InChI=1S/C28H25Cl2N5O3/c1-34-14-18(26(36)37)17-13-31-27(32-25(17)34)35-9-7-28(8-10-35)11-16(12-28)21-23(33-38-24(21)15-5-6-15)22-19(29)3-2-4-20(22)30/h2-4,11,13-15H,5-10,12H2,1H3,(H,36,37). The summed E-state index contributed by atoms with van der Waals surface area (Å²) in [6.45, 7) is 1.65. The molecular formula is C28H25Cl2N5O3. The van der Waals surface area contributed by atoms with Crippen molar-refractivity contribution in [3.63, 3.8) is 0 Å². The number of nitrogens with zero attached hydrogens (tertiary/aromatic N) is 5. The molecule has 38 heavy (non-hydrogen) atoms. The second-order valence-corrected chi connectivity index (χ2v) is 11.5. The smallest absolute Gasteiger partial charge is 0.337 e. The highest BCUT2D eigenvalue weighted by Crippen LogP contribution is 2.56. The van der Waals surface area contributed by atoms with Crippen molar-refractivity contribution in [1.82, 2.24) is 19.7 Å². The predicted molar refractivity (Wildman–Crippen MR) is 146 cm³/mol. The number of aryl methyl sites for hydroxylation is 1. The summed E-state index contributed by atoms with van der Waals surface area (Å²) in [5.74, 6) is 1.04. The molecule has 4 heterocycles. The van der Waals surface area contributed by atoms with Crippen LogP contribution >= 0.6 is 23.2 Å². The minimum absolute atomic E-state index is 0.122. The number of fused-ring (bicyclic) bond motifs is 1. The highest BCUT2D eigenvalue weighted by molar-refractivity contribution is 6.39. The minimum atomic E-state index is -0.975. The van der Waals surface area contributed by atoms with Gasteiger partial charge in [0.05, 0.1) is 21.0 Å². The Morgan fingerprint density at radius 2 is 1.87 bits per heavy atom. The van der Waals surface area contributed by atoms with Gasteiger partial charge in [0.1, 0.15) is 17.1 Å². The number of carbonyl (C=O) groups is 1. The molecular weight excluding hydrogens is 525 g/mol. The second kappa shape index (κ2) is 8.58. The number of hydrogen-bond acceptors (Lipinski definition) is 6. The van der Waals surface area contributed by atoms with Crippen LogP contribution in [0.4, 0.5) is 5.95 Å². The molecule has 0 amide bonds. The summed E-state index contributed by atoms with van der Waals surface area (Å²) in [5.41, 5.74) is 4.78. The first kappa shape index (κ1) is 23.7. The molecule has 10 heteroatoms. The Balaban J connectivity index is 1.14. The Bertz CT molecular complexity index is 1620. The van der Waals surface area contributed by atoms with E-state index in [9.17, 15) is 9.90 Å². The molecule has 2 fully saturated rings. The Morgan fingerprint density at radius 3 is 2.53 bits per heavy atom. The molecule has 0 radical (unpaired) electrons. The number of aromatic carboxylic acids is 1. The molecule has 0 unspecified atom stereocenters. The maximum absolute atomic E-state index is 11.5. The van der Waals surface area contributed by atoms with Gasteiger partial charge in [0.2, 0.25) is 5.95 Å². The van der Waals surface area contributed by atoms with E-state index in [1.165, 1.54) is 5.57 Å². The molecule has 1 aliphatic heterocycles. The van der Waals surface area contributed by atoms with Crippen molar-refractivity contribution < 1.29 is 14.4 Å². The number of rotatable bonds is 5. The van der Waals surface area contributed by atoms with Gasteiger partial charge in [-0.1, -0.05) is 40.5 Å². The molecule has 1 aromatic carbocycles. The predicted octanol–water partition coefficient (Wildman–Crippen LogP) is 6.58. The summed E-state index contributed by atoms with van der Waals surface area (Å²) in [6.07, 6.45) is 10.8. The first-order valence-electron chi connectivity index (χ1n) is 12.8. The topological polar surface area (TPSA) is 97.3 Å². The van der Waals surface area contributed by atoms with Crippen LogP contribution in [0, 0.1) is 5.41 Å². The summed E-state index contributed by atoms with van der Waals surface area (Å²) in [5, 5.41) is 15.6. The summed E-state index contributed by atoms with van der Waals surface area (Å²) < 4.78 is 7.63. The van der Waals surface area contributed by atoms with Crippen LogP contribution in [-0.2, 0) is 7.05 Å². The molecule has 1 N–H and O–H groups in total. The summed E-state index contributed by atoms with van der Waals surface area (Å²) in [4.78, 5) is 22.9. The molecule has 1 saturated heterocycles. The molecule has 8 nitrogen and oxygen atoms in total. The number of halogens is 2. The maximum atomic E-state index is 11.5. The number of anilines is 1. The van der Waals surface area contributed by atoms with E-state index in [4.69, 9.17) is 32.7 Å². The number of carboxylic acid groups (broad SMARTS) is 1. The SMILES string of the molecule is Cn1cc(C(=O)O)c2cnc(N3CCC4(C=C(c5c(-c6c(Cl)cccc6Cl)noc5C5CC5)C4)CC3)nc21. The van der Waals surface area contributed by atoms with E-state index in [2.05, 4.69) is 21.1 Å². The fraction of sp³-hybridized carbons (Fsp3) is 0.357. The number of hydrogen-bond donors (Lipinski definition) is 1. The second-order valence-electron chi connectivity index (χ2n) is 10.7. The number of piperidine rings is 1. The minimum Gasteiger partial charge on any atom is -0.478 e. The van der Waals surface area contributed by atoms with Gasteiger partial charge in [-0.3, -0.25) is 0 Å². The van der Waals surface area contributed by atoms with E-state index < -0.39 is 5.97 Å². The van der Waals surface area contributed by atoms with Crippen LogP contribution in [0.5, 0.6) is 0 Å². The lowest BCUT2D eigenvalue weighted by Gasteiger charge is -2.46. The van der Waals surface area contributed by atoms with Gasteiger partial charge in [0.25, 0.3) is 0 Å². The highest BCUT2D eigenvalue weighted by atomic mass is 35.5. The normalized spacial score (nSPS) is 18.6. The zero-order valence-corrected chi connectivity index (χ0v) is 22.3. The van der Waals surface area contributed by atoms with Crippen LogP contribution in [0.15, 0.2) is 41.2 Å². The Morgan fingerprint density at radius 1 is 1.16 bits per heavy atom. The first-order valence-corrected chi connectivity index (χ1v) is 13.6. The van der Waals surface area contributed by atoms with Gasteiger partial charge < -0.3 is 19.1 Å². The van der Waals surface area contributed by atoms with Crippen LogP contribution in [0.2, 0.25) is 10.0 Å². The molecule has 194 valence electrons. The third-order valence-corrected chi connectivity index (χ3v) is 8.82. The molecule has 3 aromatic heterocycles. The van der Waals surface area contributed by atoms with Crippen LogP contribution in [0.1, 0.15) is 59.7 Å². The van der Waals surface area contributed by atoms with Crippen molar-refractivity contribution in [3.05, 3.63) is 63.6 Å². The van der Waals surface area contributed by atoms with Crippen molar-refractivity contribution in [2.45, 2.75) is 38.0 Å². The van der Waals surface area contributed by atoms with Crippen LogP contribution in [0.3, 0.4) is 0 Å². The highest BCUT2D eigenvalue weighted by Gasteiger charge is 2.44. The van der Waals surface area contributed by atoms with Crippen molar-refractivity contribution >= 4 is 51.7 Å². The van der Waals surface area contributed by atoms with Crippen molar-refractivity contribution in [2.24, 2.45) is 12.5 Å². The molecule has 1 spiro atoms. The lowest BCUT2D eigenvalue weighted by atomic mass is 9.63. The average Bonchev–Trinajstić information content (AvgIpc) is 3.56. The number of allylic oxidation sites excluding steroid dienone is 2. The summed E-state index contributed by atoms with van der Waals surface area (Å²) in [6, 6.07) is 5.51. The van der Waals surface area contributed by atoms with Gasteiger partial charge in [-0.25, -0.2) is 9.78 Å². The lowest BCUT2D eigenvalue weighted by molar-refractivity contribution is 0.0698.